The minimum absolute atomic E-state index is 0.00563. The van der Waals surface area contributed by atoms with Crippen molar-refractivity contribution in [3.05, 3.63) is 45.2 Å². The van der Waals surface area contributed by atoms with E-state index < -0.39 is 0 Å². The number of aromatic nitrogens is 2. The van der Waals surface area contributed by atoms with Gasteiger partial charge in [0, 0.05) is 26.5 Å². The fourth-order valence-electron chi connectivity index (χ4n) is 3.42. The lowest BCUT2D eigenvalue weighted by Gasteiger charge is -2.18. The molecule has 10 heteroatoms. The molecule has 30 heavy (non-hydrogen) atoms. The minimum atomic E-state index is -0.259. The summed E-state index contributed by atoms with van der Waals surface area (Å²) in [7, 11) is 1.60. The van der Waals surface area contributed by atoms with E-state index in [1.54, 1.807) is 36.4 Å². The number of anilines is 1. The van der Waals surface area contributed by atoms with Crippen LogP contribution in [0.3, 0.4) is 0 Å². The van der Waals surface area contributed by atoms with Crippen LogP contribution in [0.2, 0.25) is 0 Å². The highest BCUT2D eigenvalue weighted by atomic mass is 32.2. The predicted molar refractivity (Wildman–Crippen MR) is 121 cm³/mol. The highest BCUT2D eigenvalue weighted by Crippen LogP contribution is 2.34. The molecule has 2 aromatic heterocycles. The lowest BCUT2D eigenvalue weighted by molar-refractivity contribution is -0.123. The maximum Gasteiger partial charge on any atom is 0.267 e. The molecule has 1 amide bonds. The molecule has 2 aliphatic rings. The number of fused-ring (bicyclic) bond motifs is 1. The Hall–Kier alpha value is -2.27. The fourth-order valence-corrected chi connectivity index (χ4v) is 4.68. The van der Waals surface area contributed by atoms with E-state index in [1.807, 2.05) is 6.07 Å². The van der Waals surface area contributed by atoms with Crippen LogP contribution in [0.15, 0.2) is 34.1 Å². The molecule has 2 saturated heterocycles. The number of thioether (sulfide) groups is 1. The first-order chi connectivity index (χ1) is 14.6. The van der Waals surface area contributed by atoms with Crippen molar-refractivity contribution in [3.8, 4) is 0 Å². The third-order valence-electron chi connectivity index (χ3n) is 4.93. The summed E-state index contributed by atoms with van der Waals surface area (Å²) >= 11 is 6.61. The van der Waals surface area contributed by atoms with Crippen molar-refractivity contribution >= 4 is 51.7 Å². The molecule has 158 valence electrons. The third-order valence-corrected chi connectivity index (χ3v) is 6.30. The molecule has 0 bridgehead atoms. The molecule has 2 fully saturated rings. The fraction of sp³-hybridized carbons (Fsp3) is 0.400. The van der Waals surface area contributed by atoms with Gasteiger partial charge < -0.3 is 14.8 Å². The predicted octanol–water partition coefficient (Wildman–Crippen LogP) is 2.13. The SMILES string of the molecule is COCCNc1nc2ccccn2c(=O)c1/C=C1\SC(=S)N(CC2CCCO2)C1=O. The van der Waals surface area contributed by atoms with Gasteiger partial charge in [-0.15, -0.1) is 0 Å². The lowest BCUT2D eigenvalue weighted by atomic mass is 10.2. The van der Waals surface area contributed by atoms with Crippen LogP contribution >= 0.6 is 24.0 Å². The van der Waals surface area contributed by atoms with E-state index >= 15 is 0 Å². The molecule has 0 radical (unpaired) electrons. The number of methoxy groups -OCH3 is 1. The van der Waals surface area contributed by atoms with Gasteiger partial charge in [-0.3, -0.25) is 18.9 Å². The summed E-state index contributed by atoms with van der Waals surface area (Å²) < 4.78 is 12.7. The Bertz CT molecular complexity index is 1060. The van der Waals surface area contributed by atoms with Crippen LogP contribution in [-0.2, 0) is 14.3 Å². The van der Waals surface area contributed by atoms with Crippen molar-refractivity contribution in [3.63, 3.8) is 0 Å². The molecule has 1 N–H and O–H groups in total. The number of nitrogens with one attached hydrogen (secondary N) is 1. The summed E-state index contributed by atoms with van der Waals surface area (Å²) in [6.45, 7) is 2.09. The van der Waals surface area contributed by atoms with Crippen molar-refractivity contribution in [1.82, 2.24) is 14.3 Å². The van der Waals surface area contributed by atoms with Crippen molar-refractivity contribution < 1.29 is 14.3 Å². The van der Waals surface area contributed by atoms with Crippen LogP contribution in [0.4, 0.5) is 5.82 Å². The standard InChI is InChI=1S/C20H22N4O4S2/c1-27-10-7-21-17-14(18(25)23-8-3-2-6-16(23)22-17)11-15-19(26)24(20(29)30-15)12-13-5-4-9-28-13/h2-3,6,8,11,13,21H,4-5,7,9-10,12H2,1H3/b15-11-. The third kappa shape index (κ3) is 4.27. The Morgan fingerprint density at radius 1 is 1.43 bits per heavy atom. The molecule has 0 aliphatic carbocycles. The summed E-state index contributed by atoms with van der Waals surface area (Å²) in [5.74, 6) is 0.202. The summed E-state index contributed by atoms with van der Waals surface area (Å²) in [6.07, 6.45) is 5.15. The number of ether oxygens (including phenoxy) is 2. The Labute approximate surface area is 183 Å². The summed E-state index contributed by atoms with van der Waals surface area (Å²) in [5, 5.41) is 3.14. The van der Waals surface area contributed by atoms with Crippen LogP contribution in [0, 0.1) is 0 Å². The summed E-state index contributed by atoms with van der Waals surface area (Å²) in [6, 6.07) is 5.34. The first-order valence-electron chi connectivity index (χ1n) is 9.69. The number of thiocarbonyl (C=S) groups is 1. The van der Waals surface area contributed by atoms with E-state index in [-0.39, 0.29) is 17.6 Å². The van der Waals surface area contributed by atoms with Crippen LogP contribution in [0.1, 0.15) is 18.4 Å². The van der Waals surface area contributed by atoms with Crippen LogP contribution in [-0.4, -0.2) is 64.0 Å². The van der Waals surface area contributed by atoms with Gasteiger partial charge in [-0.2, -0.15) is 0 Å². The highest BCUT2D eigenvalue weighted by Gasteiger charge is 2.35. The Kier molecular flexibility index (Phi) is 6.47. The van der Waals surface area contributed by atoms with Gasteiger partial charge in [-0.25, -0.2) is 4.98 Å². The Morgan fingerprint density at radius 3 is 3.07 bits per heavy atom. The van der Waals surface area contributed by atoms with E-state index in [4.69, 9.17) is 21.7 Å². The highest BCUT2D eigenvalue weighted by molar-refractivity contribution is 8.26. The number of pyridine rings is 1. The van der Waals surface area contributed by atoms with Crippen LogP contribution in [0.5, 0.6) is 0 Å². The van der Waals surface area contributed by atoms with Crippen LogP contribution < -0.4 is 10.9 Å². The lowest BCUT2D eigenvalue weighted by Crippen LogP contribution is -2.35. The van der Waals surface area contributed by atoms with Gasteiger partial charge in [0.15, 0.2) is 0 Å². The molecule has 2 aromatic rings. The normalized spacial score (nSPS) is 20.6. The van der Waals surface area contributed by atoms with Gasteiger partial charge in [-0.1, -0.05) is 30.0 Å². The number of hydrogen-bond acceptors (Lipinski definition) is 8. The molecule has 1 unspecified atom stereocenters. The van der Waals surface area contributed by atoms with Crippen molar-refractivity contribution in [1.29, 1.82) is 0 Å². The zero-order valence-electron chi connectivity index (χ0n) is 16.5. The largest absolute Gasteiger partial charge is 0.383 e. The Morgan fingerprint density at radius 2 is 2.30 bits per heavy atom. The molecule has 4 heterocycles. The molecule has 0 spiro atoms. The van der Waals surface area contributed by atoms with Gasteiger partial charge in [0.1, 0.15) is 15.8 Å². The zero-order valence-corrected chi connectivity index (χ0v) is 18.1. The number of amides is 1. The van der Waals surface area contributed by atoms with Crippen molar-refractivity contribution in [2.45, 2.75) is 18.9 Å². The molecular formula is C20H22N4O4S2. The molecule has 2 aliphatic heterocycles. The number of hydrogen-bond donors (Lipinski definition) is 1. The smallest absolute Gasteiger partial charge is 0.267 e. The maximum atomic E-state index is 13.1. The number of rotatable bonds is 7. The van der Waals surface area contributed by atoms with E-state index in [0.29, 0.717) is 52.6 Å². The molecule has 4 rings (SSSR count). The zero-order chi connectivity index (χ0) is 21.1. The second-order valence-corrected chi connectivity index (χ2v) is 8.63. The second kappa shape index (κ2) is 9.25. The quantitative estimate of drug-likeness (QED) is 0.393. The van der Waals surface area contributed by atoms with E-state index in [0.717, 1.165) is 12.8 Å². The molecule has 0 aromatic carbocycles. The van der Waals surface area contributed by atoms with Crippen molar-refractivity contribution in [2.75, 3.05) is 38.7 Å². The topological polar surface area (TPSA) is 85.2 Å². The second-order valence-electron chi connectivity index (χ2n) is 6.95. The monoisotopic (exact) mass is 446 g/mol. The van der Waals surface area contributed by atoms with Gasteiger partial charge in [0.25, 0.3) is 11.5 Å². The maximum absolute atomic E-state index is 13.1. The average molecular weight is 447 g/mol. The molecule has 8 nitrogen and oxygen atoms in total. The number of nitrogens with zero attached hydrogens (tertiary/aromatic N) is 3. The van der Waals surface area contributed by atoms with Gasteiger partial charge in [-0.05, 0) is 31.1 Å². The van der Waals surface area contributed by atoms with E-state index in [1.165, 1.54) is 16.2 Å². The number of carbonyl (C=O) groups is 1. The van der Waals surface area contributed by atoms with Crippen LogP contribution in [0.25, 0.3) is 11.7 Å². The molecule has 1 atom stereocenters. The van der Waals surface area contributed by atoms with Gasteiger partial charge in [0.05, 0.1) is 29.7 Å². The van der Waals surface area contributed by atoms with E-state index in [9.17, 15) is 9.59 Å². The molecular weight excluding hydrogens is 424 g/mol. The van der Waals surface area contributed by atoms with E-state index in [2.05, 4.69) is 10.3 Å². The summed E-state index contributed by atoms with van der Waals surface area (Å²) in [4.78, 5) is 32.6. The first-order valence-corrected chi connectivity index (χ1v) is 10.9. The molecule has 0 saturated carbocycles. The summed E-state index contributed by atoms with van der Waals surface area (Å²) in [5.41, 5.74) is 0.572. The number of carbonyl (C=O) groups excluding carboxylic acids is 1. The minimum Gasteiger partial charge on any atom is -0.383 e. The van der Waals surface area contributed by atoms with Crippen molar-refractivity contribution in [2.24, 2.45) is 0 Å². The Balaban J connectivity index is 1.69. The first kappa shape index (κ1) is 21.0. The average Bonchev–Trinajstić information content (AvgIpc) is 3.35. The van der Waals surface area contributed by atoms with Gasteiger partial charge in [0.2, 0.25) is 0 Å². The van der Waals surface area contributed by atoms with Gasteiger partial charge >= 0.3 is 0 Å².